The maximum atomic E-state index is 12.0. The molecule has 0 saturated heterocycles. The van der Waals surface area contributed by atoms with Crippen molar-refractivity contribution in [2.75, 3.05) is 6.61 Å². The molecule has 0 aliphatic heterocycles. The van der Waals surface area contributed by atoms with E-state index >= 15 is 0 Å². The fourth-order valence-electron chi connectivity index (χ4n) is 1.20. The van der Waals surface area contributed by atoms with E-state index in [1.807, 2.05) is 19.1 Å². The van der Waals surface area contributed by atoms with Crippen LogP contribution in [0.25, 0.3) is 0 Å². The predicted octanol–water partition coefficient (Wildman–Crippen LogP) is 4.58. The minimum Gasteiger partial charge on any atom is -0.492 e. The van der Waals surface area contributed by atoms with Gasteiger partial charge in [-0.3, -0.25) is 0 Å². The molecule has 0 atom stereocenters. The summed E-state index contributed by atoms with van der Waals surface area (Å²) >= 11 is 5.78. The van der Waals surface area contributed by atoms with Crippen molar-refractivity contribution in [2.45, 2.75) is 19.7 Å². The molecule has 0 N–H and O–H groups in total. The molecule has 0 fully saturated rings. The molecule has 18 heavy (non-hydrogen) atoms. The molecule has 0 radical (unpaired) electrons. The summed E-state index contributed by atoms with van der Waals surface area (Å²) in [4.78, 5) is 0. The van der Waals surface area contributed by atoms with Crippen molar-refractivity contribution >= 4 is 11.6 Å². The number of rotatable bonds is 5. The topological polar surface area (TPSA) is 18.5 Å². The molecule has 0 aromatic heterocycles. The van der Waals surface area contributed by atoms with Crippen LogP contribution in [0.15, 0.2) is 30.4 Å². The summed E-state index contributed by atoms with van der Waals surface area (Å²) in [7, 11) is 0. The van der Waals surface area contributed by atoms with Gasteiger partial charge in [-0.1, -0.05) is 23.8 Å². The molecule has 0 unspecified atom stereocenters. The Labute approximate surface area is 108 Å². The molecular formula is C12H12ClF3O2. The Morgan fingerprint density at radius 3 is 2.61 bits per heavy atom. The molecule has 0 heterocycles. The molecule has 1 aromatic rings. The van der Waals surface area contributed by atoms with Crippen LogP contribution < -0.4 is 9.47 Å². The Kier molecular flexibility index (Phi) is 5.34. The Balaban J connectivity index is 2.62. The number of benzene rings is 1. The largest absolute Gasteiger partial charge is 0.573 e. The van der Waals surface area contributed by atoms with E-state index in [0.29, 0.717) is 18.8 Å². The molecule has 2 nitrogen and oxygen atoms in total. The van der Waals surface area contributed by atoms with Crippen molar-refractivity contribution < 1.29 is 22.6 Å². The van der Waals surface area contributed by atoms with Gasteiger partial charge in [0.15, 0.2) is 0 Å². The van der Waals surface area contributed by atoms with Crippen LogP contribution in [0.4, 0.5) is 13.2 Å². The molecule has 100 valence electrons. The number of alkyl halides is 3. The number of hydrogen-bond donors (Lipinski definition) is 0. The van der Waals surface area contributed by atoms with Gasteiger partial charge in [0.05, 0.1) is 11.6 Å². The van der Waals surface area contributed by atoms with Gasteiger partial charge in [0.2, 0.25) is 0 Å². The van der Waals surface area contributed by atoms with Gasteiger partial charge in [0.25, 0.3) is 0 Å². The van der Waals surface area contributed by atoms with Crippen molar-refractivity contribution in [3.63, 3.8) is 0 Å². The minimum absolute atomic E-state index is 0.0808. The third-order valence-electron chi connectivity index (χ3n) is 1.91. The molecule has 0 aliphatic carbocycles. The van der Waals surface area contributed by atoms with Crippen molar-refractivity contribution in [2.24, 2.45) is 0 Å². The Morgan fingerprint density at radius 2 is 2.06 bits per heavy atom. The number of allylic oxidation sites excluding steroid dienone is 1. The molecule has 0 amide bonds. The van der Waals surface area contributed by atoms with Crippen LogP contribution in [0, 0.1) is 0 Å². The lowest BCUT2D eigenvalue weighted by Crippen LogP contribution is -2.17. The number of hydrogen-bond acceptors (Lipinski definition) is 2. The van der Waals surface area contributed by atoms with Gasteiger partial charge in [0, 0.05) is 6.07 Å². The molecule has 1 aromatic carbocycles. The second-order valence-corrected chi connectivity index (χ2v) is 3.75. The van der Waals surface area contributed by atoms with Crippen molar-refractivity contribution in [3.05, 3.63) is 35.4 Å². The van der Waals surface area contributed by atoms with E-state index in [0.717, 1.165) is 12.1 Å². The Bertz CT molecular complexity index is 416. The van der Waals surface area contributed by atoms with E-state index in [1.54, 1.807) is 0 Å². The van der Waals surface area contributed by atoms with E-state index in [4.69, 9.17) is 16.3 Å². The average molecular weight is 281 g/mol. The third kappa shape index (κ3) is 5.31. The monoisotopic (exact) mass is 280 g/mol. The van der Waals surface area contributed by atoms with Gasteiger partial charge in [-0.25, -0.2) is 0 Å². The van der Waals surface area contributed by atoms with Crippen LogP contribution in [0.1, 0.15) is 13.3 Å². The minimum atomic E-state index is -4.72. The first kappa shape index (κ1) is 14.7. The van der Waals surface area contributed by atoms with Crippen LogP contribution in [0.5, 0.6) is 11.5 Å². The van der Waals surface area contributed by atoms with Crippen LogP contribution in [0.3, 0.4) is 0 Å². The van der Waals surface area contributed by atoms with E-state index in [9.17, 15) is 13.2 Å². The highest BCUT2D eigenvalue weighted by molar-refractivity contribution is 6.32. The smallest absolute Gasteiger partial charge is 0.492 e. The SMILES string of the molecule is CC=CCCOc1ccc(OC(F)(F)F)cc1Cl. The Hall–Kier alpha value is -1.36. The normalized spacial score (nSPS) is 11.8. The number of ether oxygens (including phenoxy) is 2. The summed E-state index contributed by atoms with van der Waals surface area (Å²) in [5.41, 5.74) is 0. The van der Waals surface area contributed by atoms with Gasteiger partial charge < -0.3 is 9.47 Å². The van der Waals surface area contributed by atoms with Crippen LogP contribution in [0.2, 0.25) is 5.02 Å². The second kappa shape index (κ2) is 6.54. The van der Waals surface area contributed by atoms with Gasteiger partial charge in [-0.2, -0.15) is 0 Å². The van der Waals surface area contributed by atoms with E-state index < -0.39 is 6.36 Å². The summed E-state index contributed by atoms with van der Waals surface area (Å²) in [6.45, 7) is 2.29. The average Bonchev–Trinajstić information content (AvgIpc) is 2.24. The zero-order valence-electron chi connectivity index (χ0n) is 9.63. The first-order valence-electron chi connectivity index (χ1n) is 5.21. The summed E-state index contributed by atoms with van der Waals surface area (Å²) < 4.78 is 44.9. The number of halogens is 4. The molecule has 0 spiro atoms. The van der Waals surface area contributed by atoms with E-state index in [1.165, 1.54) is 6.07 Å². The van der Waals surface area contributed by atoms with Crippen molar-refractivity contribution in [3.8, 4) is 11.5 Å². The lowest BCUT2D eigenvalue weighted by Gasteiger charge is -2.11. The highest BCUT2D eigenvalue weighted by atomic mass is 35.5. The van der Waals surface area contributed by atoms with E-state index in [2.05, 4.69) is 4.74 Å². The highest BCUT2D eigenvalue weighted by Gasteiger charge is 2.31. The maximum absolute atomic E-state index is 12.0. The first-order chi connectivity index (χ1) is 8.42. The van der Waals surface area contributed by atoms with Crippen LogP contribution in [-0.2, 0) is 0 Å². The zero-order valence-corrected chi connectivity index (χ0v) is 10.4. The van der Waals surface area contributed by atoms with Gasteiger partial charge in [-0.05, 0) is 25.5 Å². The third-order valence-corrected chi connectivity index (χ3v) is 2.21. The van der Waals surface area contributed by atoms with Gasteiger partial charge in [0.1, 0.15) is 11.5 Å². The lowest BCUT2D eigenvalue weighted by molar-refractivity contribution is -0.274. The molecule has 0 saturated carbocycles. The maximum Gasteiger partial charge on any atom is 0.573 e. The summed E-state index contributed by atoms with van der Waals surface area (Å²) in [5, 5.41) is 0.0808. The molecule has 0 aliphatic rings. The summed E-state index contributed by atoms with van der Waals surface area (Å²) in [6.07, 6.45) is -0.231. The fourth-order valence-corrected chi connectivity index (χ4v) is 1.42. The second-order valence-electron chi connectivity index (χ2n) is 3.35. The lowest BCUT2D eigenvalue weighted by atomic mass is 10.3. The first-order valence-corrected chi connectivity index (χ1v) is 5.59. The zero-order chi connectivity index (χ0) is 13.6. The van der Waals surface area contributed by atoms with Gasteiger partial charge >= 0.3 is 6.36 Å². The molecule has 6 heteroatoms. The molecule has 1 rings (SSSR count). The van der Waals surface area contributed by atoms with Crippen LogP contribution >= 0.6 is 11.6 Å². The van der Waals surface area contributed by atoms with Gasteiger partial charge in [-0.15, -0.1) is 13.2 Å². The van der Waals surface area contributed by atoms with Crippen molar-refractivity contribution in [1.29, 1.82) is 0 Å². The Morgan fingerprint density at radius 1 is 1.33 bits per heavy atom. The van der Waals surface area contributed by atoms with Crippen molar-refractivity contribution in [1.82, 2.24) is 0 Å². The summed E-state index contributed by atoms with van der Waals surface area (Å²) in [5.74, 6) is -0.0380. The highest BCUT2D eigenvalue weighted by Crippen LogP contribution is 2.31. The molecular weight excluding hydrogens is 269 g/mol. The van der Waals surface area contributed by atoms with Crippen LogP contribution in [-0.4, -0.2) is 13.0 Å². The predicted molar refractivity (Wildman–Crippen MR) is 63.1 cm³/mol. The standard InChI is InChI=1S/C12H12ClF3O2/c1-2-3-4-7-17-11-6-5-9(8-10(11)13)18-12(14,15)16/h2-3,5-6,8H,4,7H2,1H3. The molecule has 0 bridgehead atoms. The van der Waals surface area contributed by atoms with E-state index in [-0.39, 0.29) is 10.8 Å². The summed E-state index contributed by atoms with van der Waals surface area (Å²) in [6, 6.07) is 3.57. The quantitative estimate of drug-likeness (QED) is 0.580. The fraction of sp³-hybridized carbons (Fsp3) is 0.333.